The van der Waals surface area contributed by atoms with Crippen molar-refractivity contribution in [2.45, 2.75) is 78.2 Å². The zero-order valence-corrected chi connectivity index (χ0v) is 22.6. The van der Waals surface area contributed by atoms with Crippen LogP contribution in [0.5, 0.6) is 11.5 Å². The van der Waals surface area contributed by atoms with Crippen LogP contribution in [0.4, 0.5) is 4.79 Å². The first kappa shape index (κ1) is 26.6. The highest BCUT2D eigenvalue weighted by molar-refractivity contribution is 14.1. The Morgan fingerprint density at radius 2 is 1.80 bits per heavy atom. The molecule has 0 aliphatic heterocycles. The first-order valence-electron chi connectivity index (χ1n) is 10.5. The lowest BCUT2D eigenvalue weighted by molar-refractivity contribution is 0.0237. The molecule has 168 valence electrons. The molecule has 0 spiro atoms. The second-order valence-electron chi connectivity index (χ2n) is 8.38. The van der Waals surface area contributed by atoms with E-state index in [4.69, 9.17) is 9.47 Å². The highest BCUT2D eigenvalue weighted by Crippen LogP contribution is 2.34. The molecule has 7 heteroatoms. The standard InChI is InChI=1S/C23H36INO4Si/c1-8-30(9-2,10-3)16-12-11-15-25(22(27)29-23(4,5)6)17-18-13-14-19(28-7)21(26)20(18)24/h13-14,26H,8-11,15,17H2,1-7H3. The Balaban J connectivity index is 3.05. The smallest absolute Gasteiger partial charge is 0.410 e. The van der Waals surface area contributed by atoms with Gasteiger partial charge >= 0.3 is 6.09 Å². The summed E-state index contributed by atoms with van der Waals surface area (Å²) in [6.45, 7) is 13.1. The number of methoxy groups -OCH3 is 1. The summed E-state index contributed by atoms with van der Waals surface area (Å²) in [4.78, 5) is 14.5. The van der Waals surface area contributed by atoms with Crippen LogP contribution in [0.25, 0.3) is 0 Å². The lowest BCUT2D eigenvalue weighted by atomic mass is 10.2. The minimum atomic E-state index is -1.50. The third-order valence-corrected chi connectivity index (χ3v) is 11.3. The molecule has 0 aliphatic rings. The van der Waals surface area contributed by atoms with Crippen LogP contribution in [-0.4, -0.2) is 43.4 Å². The van der Waals surface area contributed by atoms with E-state index in [0.29, 0.717) is 28.8 Å². The van der Waals surface area contributed by atoms with Crippen molar-refractivity contribution < 1.29 is 19.4 Å². The summed E-state index contributed by atoms with van der Waals surface area (Å²) < 4.78 is 11.4. The predicted octanol–water partition coefficient (Wildman–Crippen LogP) is 6.18. The molecule has 0 saturated heterocycles. The number of carbonyl (C=O) groups is 1. The van der Waals surface area contributed by atoms with E-state index in [1.807, 2.05) is 26.8 Å². The fourth-order valence-corrected chi connectivity index (χ4v) is 6.24. The van der Waals surface area contributed by atoms with Crippen LogP contribution in [0, 0.1) is 15.0 Å². The first-order valence-corrected chi connectivity index (χ1v) is 14.2. The molecule has 0 saturated carbocycles. The maximum atomic E-state index is 12.8. The quantitative estimate of drug-likeness (QED) is 0.241. The molecule has 0 bridgehead atoms. The topological polar surface area (TPSA) is 59.0 Å². The summed E-state index contributed by atoms with van der Waals surface area (Å²) in [5.74, 6) is 3.85. The summed E-state index contributed by atoms with van der Waals surface area (Å²) in [6, 6.07) is 7.06. The van der Waals surface area contributed by atoms with Crippen LogP contribution in [-0.2, 0) is 11.3 Å². The molecule has 0 unspecified atom stereocenters. The number of halogens is 1. The number of aromatic hydroxyl groups is 1. The molecule has 1 rings (SSSR count). The SMILES string of the molecule is CC[Si](C#CCCN(Cc1ccc(OC)c(O)c1I)C(=O)OC(C)(C)C)(CC)CC. The van der Waals surface area contributed by atoms with Crippen LogP contribution < -0.4 is 4.74 Å². The van der Waals surface area contributed by atoms with Crippen molar-refractivity contribution in [3.05, 3.63) is 21.3 Å². The van der Waals surface area contributed by atoms with Crippen molar-refractivity contribution in [3.8, 4) is 23.0 Å². The highest BCUT2D eigenvalue weighted by Gasteiger charge is 2.25. The van der Waals surface area contributed by atoms with Gasteiger partial charge in [-0.3, -0.25) is 0 Å². The van der Waals surface area contributed by atoms with Gasteiger partial charge in [0.2, 0.25) is 0 Å². The van der Waals surface area contributed by atoms with Gasteiger partial charge in [0.1, 0.15) is 13.7 Å². The van der Waals surface area contributed by atoms with E-state index >= 15 is 0 Å². The summed E-state index contributed by atoms with van der Waals surface area (Å²) in [5.41, 5.74) is 3.84. The summed E-state index contributed by atoms with van der Waals surface area (Å²) in [7, 11) is 0.0167. The average molecular weight is 546 g/mol. The van der Waals surface area contributed by atoms with Gasteiger partial charge in [0.25, 0.3) is 0 Å². The predicted molar refractivity (Wildman–Crippen MR) is 134 cm³/mol. The van der Waals surface area contributed by atoms with Gasteiger partial charge in [-0.25, -0.2) is 4.79 Å². The zero-order chi connectivity index (χ0) is 22.9. The Labute approximate surface area is 196 Å². The van der Waals surface area contributed by atoms with E-state index in [1.54, 1.807) is 11.0 Å². The number of ether oxygens (including phenoxy) is 2. The Bertz CT molecular complexity index is 768. The van der Waals surface area contributed by atoms with Crippen LogP contribution in [0.1, 0.15) is 53.5 Å². The molecule has 1 N–H and O–H groups in total. The van der Waals surface area contributed by atoms with Crippen LogP contribution in [0.2, 0.25) is 18.1 Å². The molecule has 0 heterocycles. The number of rotatable bonds is 8. The average Bonchev–Trinajstić information content (AvgIpc) is 2.69. The van der Waals surface area contributed by atoms with Crippen LogP contribution in [0.15, 0.2) is 12.1 Å². The van der Waals surface area contributed by atoms with Crippen molar-refractivity contribution >= 4 is 36.8 Å². The van der Waals surface area contributed by atoms with E-state index in [1.165, 1.54) is 7.11 Å². The molecule has 0 fully saturated rings. The number of nitrogens with zero attached hydrogens (tertiary/aromatic N) is 1. The molecular weight excluding hydrogens is 509 g/mol. The fraction of sp³-hybridized carbons (Fsp3) is 0.609. The largest absolute Gasteiger partial charge is 0.504 e. The summed E-state index contributed by atoms with van der Waals surface area (Å²) in [6.07, 6.45) is 0.229. The maximum Gasteiger partial charge on any atom is 0.410 e. The van der Waals surface area contributed by atoms with Crippen molar-refractivity contribution in [2.24, 2.45) is 0 Å². The lowest BCUT2D eigenvalue weighted by Crippen LogP contribution is -2.37. The monoisotopic (exact) mass is 545 g/mol. The Hall–Kier alpha value is -1.40. The Morgan fingerprint density at radius 3 is 2.30 bits per heavy atom. The fourth-order valence-electron chi connectivity index (χ4n) is 3.10. The number of phenols is 1. The van der Waals surface area contributed by atoms with Gasteiger partial charge in [0.05, 0.1) is 17.2 Å². The normalized spacial score (nSPS) is 11.5. The molecule has 0 radical (unpaired) electrons. The zero-order valence-electron chi connectivity index (χ0n) is 19.4. The number of hydrogen-bond donors (Lipinski definition) is 1. The molecule has 30 heavy (non-hydrogen) atoms. The van der Waals surface area contributed by atoms with Gasteiger partial charge in [-0.2, -0.15) is 0 Å². The van der Waals surface area contributed by atoms with E-state index in [9.17, 15) is 9.90 Å². The van der Waals surface area contributed by atoms with Gasteiger partial charge in [0.15, 0.2) is 11.5 Å². The first-order chi connectivity index (χ1) is 14.0. The third-order valence-electron chi connectivity index (χ3n) is 5.28. The molecular formula is C23H36INO4Si. The van der Waals surface area contributed by atoms with E-state index in [-0.39, 0.29) is 11.8 Å². The maximum absolute atomic E-state index is 12.8. The Morgan fingerprint density at radius 1 is 1.20 bits per heavy atom. The van der Waals surface area contributed by atoms with Crippen LogP contribution in [0.3, 0.4) is 0 Å². The van der Waals surface area contributed by atoms with Gasteiger partial charge in [0, 0.05) is 13.0 Å². The number of benzene rings is 1. The van der Waals surface area contributed by atoms with Crippen molar-refractivity contribution in [2.75, 3.05) is 13.7 Å². The van der Waals surface area contributed by atoms with Gasteiger partial charge < -0.3 is 19.5 Å². The number of phenolic OH excluding ortho intramolecular Hbond substituents is 1. The molecule has 1 amide bonds. The van der Waals surface area contributed by atoms with E-state index < -0.39 is 13.7 Å². The van der Waals surface area contributed by atoms with Crippen molar-refractivity contribution in [1.82, 2.24) is 4.90 Å². The molecule has 1 aromatic carbocycles. The number of carbonyl (C=O) groups excluding carboxylic acids is 1. The molecule has 0 aromatic heterocycles. The summed E-state index contributed by atoms with van der Waals surface area (Å²) >= 11 is 2.08. The van der Waals surface area contributed by atoms with Gasteiger partial charge in [-0.1, -0.05) is 26.8 Å². The van der Waals surface area contributed by atoms with Gasteiger partial charge in [-0.15, -0.1) is 11.5 Å². The molecule has 0 aliphatic carbocycles. The second kappa shape index (κ2) is 11.8. The molecule has 1 aromatic rings. The van der Waals surface area contributed by atoms with Crippen molar-refractivity contribution in [1.29, 1.82) is 0 Å². The minimum absolute atomic E-state index is 0.0872. The van der Waals surface area contributed by atoms with Gasteiger partial charge in [-0.05, 0) is 73.1 Å². The van der Waals surface area contributed by atoms with Crippen LogP contribution >= 0.6 is 22.6 Å². The number of hydrogen-bond acceptors (Lipinski definition) is 4. The van der Waals surface area contributed by atoms with Crippen molar-refractivity contribution in [3.63, 3.8) is 0 Å². The van der Waals surface area contributed by atoms with E-state index in [0.717, 1.165) is 23.7 Å². The summed E-state index contributed by atoms with van der Waals surface area (Å²) in [5, 5.41) is 10.3. The lowest BCUT2D eigenvalue weighted by Gasteiger charge is -2.27. The van der Waals surface area contributed by atoms with E-state index in [2.05, 4.69) is 54.8 Å². The second-order valence-corrected chi connectivity index (χ2v) is 14.4. The minimum Gasteiger partial charge on any atom is -0.504 e. The number of amides is 1. The molecule has 5 nitrogen and oxygen atoms in total. The molecule has 0 atom stereocenters. The third kappa shape index (κ3) is 7.69. The Kier molecular flexibility index (Phi) is 10.5. The highest BCUT2D eigenvalue weighted by atomic mass is 127.